The number of pyridine rings is 1. The molecule has 1 atom stereocenters. The van der Waals surface area contributed by atoms with Gasteiger partial charge in [0.15, 0.2) is 11.1 Å². The van der Waals surface area contributed by atoms with Crippen LogP contribution in [0.5, 0.6) is 0 Å². The van der Waals surface area contributed by atoms with Gasteiger partial charge in [-0.1, -0.05) is 15.9 Å². The minimum Gasteiger partial charge on any atom is -0.476 e. The van der Waals surface area contributed by atoms with Crippen LogP contribution in [0.1, 0.15) is 44.9 Å². The van der Waals surface area contributed by atoms with Gasteiger partial charge in [-0.3, -0.25) is 9.59 Å². The molecule has 1 amide bonds. The maximum atomic E-state index is 13.0. The molecule has 9 heteroatoms. The standard InChI is InChI=1S/C18H14BrN3O4S/c19-9-3-4-11-10(6-9)15(23)7-12(20-11)17(24)22-5-1-2-14(22)16-21-13(8-27-16)18(25)26/h3-4,6-8,14H,1-2,5H2,(H,20,23)(H,25,26). The van der Waals surface area contributed by atoms with Gasteiger partial charge in [0.25, 0.3) is 5.91 Å². The van der Waals surface area contributed by atoms with E-state index < -0.39 is 5.97 Å². The smallest absolute Gasteiger partial charge is 0.355 e. The number of carbonyl (C=O) groups is 2. The summed E-state index contributed by atoms with van der Waals surface area (Å²) >= 11 is 4.57. The maximum Gasteiger partial charge on any atom is 0.355 e. The van der Waals surface area contributed by atoms with E-state index in [1.807, 2.05) is 0 Å². The number of carbonyl (C=O) groups excluding carboxylic acids is 1. The van der Waals surface area contributed by atoms with Gasteiger partial charge >= 0.3 is 5.97 Å². The lowest BCUT2D eigenvalue weighted by Gasteiger charge is -2.23. The molecule has 3 heterocycles. The van der Waals surface area contributed by atoms with Crippen molar-refractivity contribution in [1.82, 2.24) is 14.9 Å². The summed E-state index contributed by atoms with van der Waals surface area (Å²) in [6.45, 7) is 0.534. The van der Waals surface area contributed by atoms with E-state index in [1.54, 1.807) is 23.1 Å². The number of H-pyrrole nitrogens is 1. The summed E-state index contributed by atoms with van der Waals surface area (Å²) < 4.78 is 0.789. The normalized spacial score (nSPS) is 16.8. The lowest BCUT2D eigenvalue weighted by Crippen LogP contribution is -2.32. The molecule has 7 nitrogen and oxygen atoms in total. The highest BCUT2D eigenvalue weighted by atomic mass is 79.9. The first-order valence-corrected chi connectivity index (χ1v) is 9.93. The first kappa shape index (κ1) is 17.9. The third-order valence-electron chi connectivity index (χ3n) is 4.56. The molecule has 0 radical (unpaired) electrons. The van der Waals surface area contributed by atoms with E-state index in [4.69, 9.17) is 5.11 Å². The zero-order valence-electron chi connectivity index (χ0n) is 13.9. The fourth-order valence-electron chi connectivity index (χ4n) is 3.29. The summed E-state index contributed by atoms with van der Waals surface area (Å²) in [5.41, 5.74) is 0.564. The van der Waals surface area contributed by atoms with Crippen molar-refractivity contribution in [3.63, 3.8) is 0 Å². The Kier molecular flexibility index (Phi) is 4.56. The van der Waals surface area contributed by atoms with Crippen molar-refractivity contribution in [2.45, 2.75) is 18.9 Å². The van der Waals surface area contributed by atoms with Crippen LogP contribution >= 0.6 is 27.3 Å². The molecule has 0 aliphatic carbocycles. The molecule has 1 aromatic carbocycles. The topological polar surface area (TPSA) is 103 Å². The number of hydrogen-bond donors (Lipinski definition) is 2. The SMILES string of the molecule is O=C(O)c1csc(C2CCCN2C(=O)c2cc(=O)c3cc(Br)ccc3[nH]2)n1. The highest BCUT2D eigenvalue weighted by molar-refractivity contribution is 9.10. The number of fused-ring (bicyclic) bond motifs is 1. The van der Waals surface area contributed by atoms with E-state index in [1.165, 1.54) is 22.8 Å². The zero-order valence-corrected chi connectivity index (χ0v) is 16.3. The summed E-state index contributed by atoms with van der Waals surface area (Å²) in [4.78, 5) is 45.4. The second kappa shape index (κ2) is 6.90. The molecule has 138 valence electrons. The van der Waals surface area contributed by atoms with Crippen molar-refractivity contribution < 1.29 is 14.7 Å². The number of likely N-dealkylation sites (tertiary alicyclic amines) is 1. The predicted octanol–water partition coefficient (Wildman–Crippen LogP) is 3.42. The molecular formula is C18H14BrN3O4S. The van der Waals surface area contributed by atoms with Crippen LogP contribution in [0, 0.1) is 0 Å². The van der Waals surface area contributed by atoms with E-state index >= 15 is 0 Å². The molecule has 1 aliphatic rings. The number of nitrogens with one attached hydrogen (secondary N) is 1. The van der Waals surface area contributed by atoms with Crippen LogP contribution in [0.2, 0.25) is 0 Å². The molecule has 0 spiro atoms. The lowest BCUT2D eigenvalue weighted by molar-refractivity contribution is 0.0691. The van der Waals surface area contributed by atoms with Gasteiger partial charge in [-0.2, -0.15) is 0 Å². The van der Waals surface area contributed by atoms with Crippen LogP contribution in [-0.2, 0) is 0 Å². The fraction of sp³-hybridized carbons (Fsp3) is 0.222. The van der Waals surface area contributed by atoms with Crippen LogP contribution in [0.25, 0.3) is 10.9 Å². The van der Waals surface area contributed by atoms with Crippen LogP contribution in [0.15, 0.2) is 38.9 Å². The Labute approximate surface area is 165 Å². The molecule has 0 saturated carbocycles. The van der Waals surface area contributed by atoms with Crippen LogP contribution in [-0.4, -0.2) is 38.4 Å². The number of carboxylic acids is 1. The largest absolute Gasteiger partial charge is 0.476 e. The van der Waals surface area contributed by atoms with Crippen molar-refractivity contribution in [1.29, 1.82) is 0 Å². The fourth-order valence-corrected chi connectivity index (χ4v) is 4.59. The Bertz CT molecular complexity index is 1120. The third-order valence-corrected chi connectivity index (χ3v) is 6.00. The van der Waals surface area contributed by atoms with Crippen LogP contribution in [0.4, 0.5) is 0 Å². The van der Waals surface area contributed by atoms with E-state index in [-0.39, 0.29) is 28.8 Å². The molecule has 27 heavy (non-hydrogen) atoms. The number of aromatic amines is 1. The summed E-state index contributed by atoms with van der Waals surface area (Å²) in [6.07, 6.45) is 1.51. The summed E-state index contributed by atoms with van der Waals surface area (Å²) in [7, 11) is 0. The minimum absolute atomic E-state index is 0.0148. The molecular weight excluding hydrogens is 434 g/mol. The lowest BCUT2D eigenvalue weighted by atomic mass is 10.1. The number of hydrogen-bond acceptors (Lipinski definition) is 5. The molecule has 2 N–H and O–H groups in total. The Morgan fingerprint density at radius 1 is 1.33 bits per heavy atom. The molecule has 0 bridgehead atoms. The zero-order chi connectivity index (χ0) is 19.1. The van der Waals surface area contributed by atoms with Crippen molar-refractivity contribution in [3.8, 4) is 0 Å². The highest BCUT2D eigenvalue weighted by Gasteiger charge is 2.33. The van der Waals surface area contributed by atoms with E-state index in [9.17, 15) is 14.4 Å². The monoisotopic (exact) mass is 447 g/mol. The molecule has 1 unspecified atom stereocenters. The Balaban J connectivity index is 1.68. The molecule has 2 aromatic heterocycles. The van der Waals surface area contributed by atoms with E-state index in [2.05, 4.69) is 25.9 Å². The summed E-state index contributed by atoms with van der Waals surface area (Å²) in [5.74, 6) is -1.37. The number of aromatic carboxylic acids is 1. The van der Waals surface area contributed by atoms with Gasteiger partial charge in [0.05, 0.1) is 6.04 Å². The van der Waals surface area contributed by atoms with Gasteiger partial charge in [0.1, 0.15) is 10.7 Å². The van der Waals surface area contributed by atoms with Gasteiger partial charge in [0.2, 0.25) is 0 Å². The number of aromatic nitrogens is 2. The Morgan fingerprint density at radius 3 is 2.89 bits per heavy atom. The number of amides is 1. The van der Waals surface area contributed by atoms with Gasteiger partial charge in [-0.15, -0.1) is 11.3 Å². The number of nitrogens with zero attached hydrogens (tertiary/aromatic N) is 2. The van der Waals surface area contributed by atoms with Gasteiger partial charge < -0.3 is 15.0 Å². The van der Waals surface area contributed by atoms with Crippen LogP contribution in [0.3, 0.4) is 0 Å². The Hall–Kier alpha value is -2.52. The van der Waals surface area contributed by atoms with Gasteiger partial charge in [-0.05, 0) is 31.0 Å². The molecule has 4 rings (SSSR count). The molecule has 3 aromatic rings. The average Bonchev–Trinajstić information content (AvgIpc) is 3.30. The van der Waals surface area contributed by atoms with Crippen molar-refractivity contribution >= 4 is 50.0 Å². The maximum absolute atomic E-state index is 13.0. The predicted molar refractivity (Wildman–Crippen MR) is 104 cm³/mol. The van der Waals surface area contributed by atoms with Crippen molar-refractivity contribution in [2.24, 2.45) is 0 Å². The number of rotatable bonds is 3. The third kappa shape index (κ3) is 3.28. The second-order valence-corrected chi connectivity index (χ2v) is 8.08. The summed E-state index contributed by atoms with van der Waals surface area (Å²) in [6, 6.07) is 6.30. The minimum atomic E-state index is -1.08. The molecule has 1 saturated heterocycles. The van der Waals surface area contributed by atoms with E-state index in [0.717, 1.165) is 10.9 Å². The summed E-state index contributed by atoms with van der Waals surface area (Å²) in [5, 5.41) is 11.7. The quantitative estimate of drug-likeness (QED) is 0.639. The highest BCUT2D eigenvalue weighted by Crippen LogP contribution is 2.34. The number of carboxylic acid groups (broad SMARTS) is 1. The second-order valence-electron chi connectivity index (χ2n) is 6.27. The van der Waals surface area contributed by atoms with Crippen molar-refractivity contribution in [2.75, 3.05) is 6.54 Å². The molecule has 1 fully saturated rings. The van der Waals surface area contributed by atoms with Crippen molar-refractivity contribution in [3.05, 3.63) is 60.7 Å². The number of halogens is 1. The number of benzene rings is 1. The number of thiazole rings is 1. The van der Waals surface area contributed by atoms with Crippen LogP contribution < -0.4 is 5.43 Å². The molecule has 1 aliphatic heterocycles. The first-order chi connectivity index (χ1) is 12.9. The average molecular weight is 448 g/mol. The van der Waals surface area contributed by atoms with Gasteiger partial charge in [0, 0.05) is 33.4 Å². The Morgan fingerprint density at radius 2 is 2.15 bits per heavy atom. The van der Waals surface area contributed by atoms with E-state index in [0.29, 0.717) is 28.9 Å². The van der Waals surface area contributed by atoms with Gasteiger partial charge in [-0.25, -0.2) is 9.78 Å². The first-order valence-electron chi connectivity index (χ1n) is 8.26.